The monoisotopic (exact) mass is 357 g/mol. The molecule has 0 amide bonds. The van der Waals surface area contributed by atoms with Gasteiger partial charge in [0.2, 0.25) is 5.95 Å². The van der Waals surface area contributed by atoms with Crippen molar-refractivity contribution in [3.8, 4) is 11.3 Å². The normalized spacial score (nSPS) is 11.3. The van der Waals surface area contributed by atoms with Crippen LogP contribution in [0.15, 0.2) is 12.1 Å². The second-order valence-corrected chi connectivity index (χ2v) is 5.71. The van der Waals surface area contributed by atoms with Crippen LogP contribution < -0.4 is 17.2 Å². The van der Waals surface area contributed by atoms with Crippen molar-refractivity contribution in [1.82, 2.24) is 19.6 Å². The highest BCUT2D eigenvalue weighted by Crippen LogP contribution is 2.39. The van der Waals surface area contributed by atoms with Gasteiger partial charge in [-0.1, -0.05) is 34.8 Å². The standard InChI is InChI=1S/C12H10Cl3N7/c13-4-1-6(14)8(7(15)2-4)9-5(3-16)10(17)22-12(19-9)20-11(18)21-22/h1-2H,3,16-17H2,(H2,18,21). The minimum Gasteiger partial charge on any atom is -0.383 e. The van der Waals surface area contributed by atoms with Crippen molar-refractivity contribution >= 4 is 52.3 Å². The van der Waals surface area contributed by atoms with E-state index in [0.29, 0.717) is 31.9 Å². The van der Waals surface area contributed by atoms with Crippen LogP contribution in [-0.4, -0.2) is 19.6 Å². The molecule has 0 radical (unpaired) electrons. The van der Waals surface area contributed by atoms with Crippen molar-refractivity contribution in [2.45, 2.75) is 6.54 Å². The van der Waals surface area contributed by atoms with Crippen molar-refractivity contribution in [2.75, 3.05) is 11.5 Å². The van der Waals surface area contributed by atoms with E-state index in [2.05, 4.69) is 15.1 Å². The van der Waals surface area contributed by atoms with Gasteiger partial charge in [-0.3, -0.25) is 0 Å². The summed E-state index contributed by atoms with van der Waals surface area (Å²) in [5.74, 6) is 0.547. The molecule has 0 atom stereocenters. The number of benzene rings is 1. The lowest BCUT2D eigenvalue weighted by molar-refractivity contribution is 0.923. The van der Waals surface area contributed by atoms with Crippen LogP contribution >= 0.6 is 34.8 Å². The second kappa shape index (κ2) is 5.44. The van der Waals surface area contributed by atoms with Crippen molar-refractivity contribution in [2.24, 2.45) is 5.73 Å². The van der Waals surface area contributed by atoms with Gasteiger partial charge in [0.15, 0.2) is 0 Å². The zero-order chi connectivity index (χ0) is 16.0. The molecule has 0 saturated heterocycles. The molecule has 0 aliphatic rings. The molecule has 22 heavy (non-hydrogen) atoms. The largest absolute Gasteiger partial charge is 0.383 e. The Kier molecular flexibility index (Phi) is 3.73. The van der Waals surface area contributed by atoms with E-state index in [1.165, 1.54) is 4.52 Å². The van der Waals surface area contributed by atoms with E-state index in [9.17, 15) is 0 Å². The van der Waals surface area contributed by atoms with Crippen LogP contribution in [0.4, 0.5) is 11.8 Å². The Balaban J connectivity index is 2.40. The Morgan fingerprint density at radius 1 is 1.05 bits per heavy atom. The SMILES string of the molecule is NCc1c(-c2c(Cl)cc(Cl)cc2Cl)nc2nc(N)nn2c1N. The smallest absolute Gasteiger partial charge is 0.256 e. The summed E-state index contributed by atoms with van der Waals surface area (Å²) in [5.41, 5.74) is 18.9. The van der Waals surface area contributed by atoms with Crippen molar-refractivity contribution in [1.29, 1.82) is 0 Å². The van der Waals surface area contributed by atoms with E-state index in [4.69, 9.17) is 52.0 Å². The summed E-state index contributed by atoms with van der Waals surface area (Å²) < 4.78 is 1.32. The predicted molar refractivity (Wildman–Crippen MR) is 88.0 cm³/mol. The minimum absolute atomic E-state index is 0.0487. The van der Waals surface area contributed by atoms with Crippen LogP contribution in [0, 0.1) is 0 Å². The molecule has 2 aromatic heterocycles. The van der Waals surface area contributed by atoms with Gasteiger partial charge in [-0.15, -0.1) is 5.10 Å². The third-order valence-corrected chi connectivity index (χ3v) is 3.90. The van der Waals surface area contributed by atoms with Gasteiger partial charge in [0.05, 0.1) is 15.7 Å². The average molecular weight is 359 g/mol. The second-order valence-electron chi connectivity index (χ2n) is 4.45. The van der Waals surface area contributed by atoms with Gasteiger partial charge in [-0.25, -0.2) is 4.98 Å². The minimum atomic E-state index is 0.0487. The number of nitrogen functional groups attached to an aromatic ring is 2. The Labute approximate surface area is 140 Å². The summed E-state index contributed by atoms with van der Waals surface area (Å²) in [6.07, 6.45) is 0. The van der Waals surface area contributed by atoms with E-state index in [1.54, 1.807) is 12.1 Å². The molecule has 0 unspecified atom stereocenters. The maximum absolute atomic E-state index is 6.25. The number of aromatic nitrogens is 4. The average Bonchev–Trinajstić information content (AvgIpc) is 2.79. The van der Waals surface area contributed by atoms with Crippen LogP contribution in [0.3, 0.4) is 0 Å². The summed E-state index contributed by atoms with van der Waals surface area (Å²) in [4.78, 5) is 8.38. The van der Waals surface area contributed by atoms with Gasteiger partial charge >= 0.3 is 0 Å². The summed E-state index contributed by atoms with van der Waals surface area (Å²) >= 11 is 18.4. The number of nitrogens with zero attached hydrogens (tertiary/aromatic N) is 4. The first kappa shape index (κ1) is 15.1. The molecule has 0 aliphatic heterocycles. The van der Waals surface area contributed by atoms with E-state index in [-0.39, 0.29) is 24.1 Å². The maximum Gasteiger partial charge on any atom is 0.256 e. The first-order valence-electron chi connectivity index (χ1n) is 6.08. The topological polar surface area (TPSA) is 121 Å². The summed E-state index contributed by atoms with van der Waals surface area (Å²) in [7, 11) is 0. The molecule has 6 N–H and O–H groups in total. The molecule has 0 saturated carbocycles. The highest BCUT2D eigenvalue weighted by Gasteiger charge is 2.20. The number of rotatable bonds is 2. The number of fused-ring (bicyclic) bond motifs is 1. The van der Waals surface area contributed by atoms with Gasteiger partial charge in [-0.2, -0.15) is 9.50 Å². The lowest BCUT2D eigenvalue weighted by atomic mass is 10.1. The van der Waals surface area contributed by atoms with Crippen LogP contribution in [0.25, 0.3) is 17.0 Å². The fraction of sp³-hybridized carbons (Fsp3) is 0.0833. The van der Waals surface area contributed by atoms with E-state index < -0.39 is 0 Å². The molecule has 7 nitrogen and oxygen atoms in total. The number of halogens is 3. The van der Waals surface area contributed by atoms with Crippen LogP contribution in [0.5, 0.6) is 0 Å². The maximum atomic E-state index is 6.25. The Bertz CT molecular complexity index is 867. The molecule has 114 valence electrons. The summed E-state index contributed by atoms with van der Waals surface area (Å²) in [6, 6.07) is 3.12. The fourth-order valence-electron chi connectivity index (χ4n) is 2.15. The first-order valence-corrected chi connectivity index (χ1v) is 7.21. The lowest BCUT2D eigenvalue weighted by Crippen LogP contribution is -2.11. The fourth-order valence-corrected chi connectivity index (χ4v) is 3.14. The Morgan fingerprint density at radius 2 is 1.68 bits per heavy atom. The number of hydrogen-bond acceptors (Lipinski definition) is 6. The van der Waals surface area contributed by atoms with Gasteiger partial charge in [-0.05, 0) is 12.1 Å². The quantitative estimate of drug-likeness (QED) is 0.646. The molecular weight excluding hydrogens is 349 g/mol. The molecule has 0 bridgehead atoms. The molecular formula is C12H10Cl3N7. The Hall–Kier alpha value is -1.80. The van der Waals surface area contributed by atoms with E-state index >= 15 is 0 Å². The highest BCUT2D eigenvalue weighted by atomic mass is 35.5. The summed E-state index contributed by atoms with van der Waals surface area (Å²) in [5, 5.41) is 5.04. The molecule has 0 aliphatic carbocycles. The first-order chi connectivity index (χ1) is 10.4. The molecule has 10 heteroatoms. The Morgan fingerprint density at radius 3 is 2.27 bits per heavy atom. The van der Waals surface area contributed by atoms with Gasteiger partial charge < -0.3 is 17.2 Å². The zero-order valence-electron chi connectivity index (χ0n) is 11.0. The van der Waals surface area contributed by atoms with E-state index in [1.807, 2.05) is 0 Å². The van der Waals surface area contributed by atoms with E-state index in [0.717, 1.165) is 0 Å². The van der Waals surface area contributed by atoms with Crippen molar-refractivity contribution < 1.29 is 0 Å². The van der Waals surface area contributed by atoms with Crippen molar-refractivity contribution in [3.05, 3.63) is 32.8 Å². The summed E-state index contributed by atoms with van der Waals surface area (Å²) in [6.45, 7) is 0.110. The molecule has 0 spiro atoms. The molecule has 3 rings (SSSR count). The van der Waals surface area contributed by atoms with Crippen molar-refractivity contribution in [3.63, 3.8) is 0 Å². The number of nitrogens with two attached hydrogens (primary N) is 3. The number of hydrogen-bond donors (Lipinski definition) is 3. The molecule has 3 aromatic rings. The molecule has 0 fully saturated rings. The number of anilines is 2. The van der Waals surface area contributed by atoms with Gasteiger partial charge in [0.25, 0.3) is 5.78 Å². The van der Waals surface area contributed by atoms with Gasteiger partial charge in [0, 0.05) is 22.7 Å². The zero-order valence-corrected chi connectivity index (χ0v) is 13.3. The lowest BCUT2D eigenvalue weighted by Gasteiger charge is -2.13. The predicted octanol–water partition coefficient (Wildman–Crippen LogP) is 2.37. The van der Waals surface area contributed by atoms with Gasteiger partial charge in [0.1, 0.15) is 5.82 Å². The van der Waals surface area contributed by atoms with Crippen LogP contribution in [0.1, 0.15) is 5.56 Å². The molecule has 1 aromatic carbocycles. The van der Waals surface area contributed by atoms with Crippen LogP contribution in [0.2, 0.25) is 15.1 Å². The highest BCUT2D eigenvalue weighted by molar-refractivity contribution is 6.41. The third kappa shape index (κ3) is 2.32. The molecule has 2 heterocycles. The third-order valence-electron chi connectivity index (χ3n) is 3.09. The van der Waals surface area contributed by atoms with Crippen LogP contribution in [-0.2, 0) is 6.54 Å².